The quantitative estimate of drug-likeness (QED) is 0.909. The maximum atomic E-state index is 13.8. The minimum atomic E-state index is -0.392. The summed E-state index contributed by atoms with van der Waals surface area (Å²) < 4.78 is 20.8. The van der Waals surface area contributed by atoms with E-state index >= 15 is 0 Å². The molecule has 2 unspecified atom stereocenters. The predicted octanol–water partition coefficient (Wildman–Crippen LogP) is 1.44. The molecule has 2 aromatic heterocycles. The summed E-state index contributed by atoms with van der Waals surface area (Å²) in [5, 5.41) is 0. The highest BCUT2D eigenvalue weighted by atomic mass is 19.1. The van der Waals surface area contributed by atoms with E-state index in [-0.39, 0.29) is 12.0 Å². The van der Waals surface area contributed by atoms with Crippen molar-refractivity contribution >= 4 is 0 Å². The fourth-order valence-electron chi connectivity index (χ4n) is 2.39. The fraction of sp³-hybridized carbons (Fsp3) is 0.385. The van der Waals surface area contributed by atoms with Crippen molar-refractivity contribution in [1.29, 1.82) is 0 Å². The Labute approximate surface area is 110 Å². The first kappa shape index (κ1) is 12.3. The molecule has 2 atom stereocenters. The molecule has 0 spiro atoms. The van der Waals surface area contributed by atoms with Gasteiger partial charge in [0, 0.05) is 18.7 Å². The lowest BCUT2D eigenvalue weighted by Crippen LogP contribution is -2.24. The molecule has 0 radical (unpaired) electrons. The van der Waals surface area contributed by atoms with Crippen LogP contribution in [0.1, 0.15) is 18.2 Å². The molecule has 2 aromatic rings. The molecule has 5 nitrogen and oxygen atoms in total. The number of ether oxygens (including phenoxy) is 1. The fourth-order valence-corrected chi connectivity index (χ4v) is 2.39. The van der Waals surface area contributed by atoms with Crippen molar-refractivity contribution in [2.45, 2.75) is 12.5 Å². The molecular weight excluding hydrogens is 247 g/mol. The van der Waals surface area contributed by atoms with Gasteiger partial charge in [-0.1, -0.05) is 0 Å². The number of imidazole rings is 1. The first-order valence-electron chi connectivity index (χ1n) is 6.23. The Hall–Kier alpha value is -1.79. The lowest BCUT2D eigenvalue weighted by molar-refractivity contribution is 0.180. The summed E-state index contributed by atoms with van der Waals surface area (Å²) in [7, 11) is 0. The molecule has 0 bridgehead atoms. The van der Waals surface area contributed by atoms with Crippen molar-refractivity contribution in [2.24, 2.45) is 11.7 Å². The van der Waals surface area contributed by atoms with Crippen molar-refractivity contribution in [1.82, 2.24) is 14.5 Å². The van der Waals surface area contributed by atoms with Crippen LogP contribution in [0.25, 0.3) is 5.69 Å². The topological polar surface area (TPSA) is 66.0 Å². The summed E-state index contributed by atoms with van der Waals surface area (Å²) in [6, 6.07) is 1.40. The Balaban J connectivity index is 1.96. The van der Waals surface area contributed by atoms with Crippen LogP contribution in [0.4, 0.5) is 4.39 Å². The number of halogens is 1. The Morgan fingerprint density at radius 1 is 1.42 bits per heavy atom. The van der Waals surface area contributed by atoms with Gasteiger partial charge in [0.15, 0.2) is 5.82 Å². The normalized spacial score (nSPS) is 20.6. The van der Waals surface area contributed by atoms with E-state index in [1.54, 1.807) is 29.4 Å². The Bertz CT molecular complexity index is 565. The smallest absolute Gasteiger partial charge is 0.165 e. The lowest BCUT2D eigenvalue weighted by Gasteiger charge is -2.19. The minimum Gasteiger partial charge on any atom is -0.381 e. The number of hydrogen-bond donors (Lipinski definition) is 1. The van der Waals surface area contributed by atoms with Crippen LogP contribution in [-0.4, -0.2) is 27.7 Å². The van der Waals surface area contributed by atoms with Crippen molar-refractivity contribution in [3.05, 3.63) is 42.5 Å². The van der Waals surface area contributed by atoms with Gasteiger partial charge in [-0.05, 0) is 12.5 Å². The van der Waals surface area contributed by atoms with Crippen LogP contribution in [0.2, 0.25) is 0 Å². The highest BCUT2D eigenvalue weighted by Crippen LogP contribution is 2.28. The van der Waals surface area contributed by atoms with Gasteiger partial charge in [0.1, 0.15) is 0 Å². The highest BCUT2D eigenvalue weighted by molar-refractivity contribution is 5.34. The second-order valence-electron chi connectivity index (χ2n) is 4.67. The highest BCUT2D eigenvalue weighted by Gasteiger charge is 2.27. The number of nitrogens with two attached hydrogens (primary N) is 1. The van der Waals surface area contributed by atoms with Gasteiger partial charge in [-0.2, -0.15) is 0 Å². The molecule has 1 fully saturated rings. The number of nitrogens with zero attached hydrogens (tertiary/aromatic N) is 3. The van der Waals surface area contributed by atoms with Gasteiger partial charge in [-0.3, -0.25) is 9.55 Å². The number of pyridine rings is 1. The van der Waals surface area contributed by atoms with E-state index in [4.69, 9.17) is 10.5 Å². The van der Waals surface area contributed by atoms with Crippen molar-refractivity contribution in [2.75, 3.05) is 13.2 Å². The average Bonchev–Trinajstić information content (AvgIpc) is 3.10. The predicted molar refractivity (Wildman–Crippen MR) is 67.2 cm³/mol. The number of rotatable bonds is 3. The second kappa shape index (κ2) is 5.07. The zero-order chi connectivity index (χ0) is 13.2. The van der Waals surface area contributed by atoms with E-state index in [1.807, 2.05) is 0 Å². The van der Waals surface area contributed by atoms with E-state index in [9.17, 15) is 4.39 Å². The van der Waals surface area contributed by atoms with E-state index in [1.165, 1.54) is 6.20 Å². The molecule has 0 aliphatic carbocycles. The third kappa shape index (κ3) is 2.24. The van der Waals surface area contributed by atoms with Crippen LogP contribution in [0.15, 0.2) is 31.0 Å². The van der Waals surface area contributed by atoms with Gasteiger partial charge in [0.2, 0.25) is 0 Å². The molecule has 6 heteroatoms. The standard InChI is InChI=1S/C13H15FN4O/c14-10-5-16-3-1-11(10)18-8-17-6-12(18)13(15)9-2-4-19-7-9/h1,3,5-6,8-9,13H,2,4,7,15H2. The van der Waals surface area contributed by atoms with E-state index in [2.05, 4.69) is 9.97 Å². The van der Waals surface area contributed by atoms with E-state index < -0.39 is 5.82 Å². The summed E-state index contributed by atoms with van der Waals surface area (Å²) in [4.78, 5) is 7.83. The van der Waals surface area contributed by atoms with Gasteiger partial charge in [-0.15, -0.1) is 0 Å². The lowest BCUT2D eigenvalue weighted by atomic mass is 9.97. The molecule has 3 rings (SSSR count). The van der Waals surface area contributed by atoms with Crippen LogP contribution in [-0.2, 0) is 4.74 Å². The van der Waals surface area contributed by atoms with Crippen LogP contribution in [0.5, 0.6) is 0 Å². The summed E-state index contributed by atoms with van der Waals surface area (Å²) >= 11 is 0. The van der Waals surface area contributed by atoms with Gasteiger partial charge >= 0.3 is 0 Å². The van der Waals surface area contributed by atoms with Gasteiger partial charge in [0.25, 0.3) is 0 Å². The third-order valence-electron chi connectivity index (χ3n) is 3.49. The summed E-state index contributed by atoms with van der Waals surface area (Å²) in [5.74, 6) is -0.142. The summed E-state index contributed by atoms with van der Waals surface area (Å²) in [6.45, 7) is 1.38. The van der Waals surface area contributed by atoms with Gasteiger partial charge in [-0.25, -0.2) is 9.37 Å². The Morgan fingerprint density at radius 3 is 3.05 bits per heavy atom. The molecule has 100 valence electrons. The number of aromatic nitrogens is 3. The molecule has 0 aromatic carbocycles. The van der Waals surface area contributed by atoms with Crippen LogP contribution < -0.4 is 5.73 Å². The van der Waals surface area contributed by atoms with Crippen molar-refractivity contribution in [3.63, 3.8) is 0 Å². The Kier molecular flexibility index (Phi) is 3.27. The maximum absolute atomic E-state index is 13.8. The minimum absolute atomic E-state index is 0.211. The SMILES string of the molecule is NC(c1cncn1-c1ccncc1F)C1CCOC1. The molecular formula is C13H15FN4O. The summed E-state index contributed by atoms with van der Waals surface area (Å²) in [5.41, 5.74) is 7.46. The van der Waals surface area contributed by atoms with Crippen LogP contribution >= 0.6 is 0 Å². The molecule has 2 N–H and O–H groups in total. The van der Waals surface area contributed by atoms with Gasteiger partial charge in [0.05, 0.1) is 42.8 Å². The van der Waals surface area contributed by atoms with Crippen molar-refractivity contribution in [3.8, 4) is 5.69 Å². The molecule has 0 saturated carbocycles. The molecule has 19 heavy (non-hydrogen) atoms. The maximum Gasteiger partial charge on any atom is 0.165 e. The average molecular weight is 262 g/mol. The zero-order valence-corrected chi connectivity index (χ0v) is 10.4. The Morgan fingerprint density at radius 2 is 2.32 bits per heavy atom. The van der Waals surface area contributed by atoms with Crippen LogP contribution in [0.3, 0.4) is 0 Å². The molecule has 3 heterocycles. The largest absolute Gasteiger partial charge is 0.381 e. The first-order valence-corrected chi connectivity index (χ1v) is 6.23. The molecule has 1 aliphatic rings. The molecule has 1 aliphatic heterocycles. The zero-order valence-electron chi connectivity index (χ0n) is 10.4. The second-order valence-corrected chi connectivity index (χ2v) is 4.67. The monoisotopic (exact) mass is 262 g/mol. The van der Waals surface area contributed by atoms with Gasteiger partial charge < -0.3 is 10.5 Å². The third-order valence-corrected chi connectivity index (χ3v) is 3.49. The molecule has 0 amide bonds. The molecule has 1 saturated heterocycles. The van der Waals surface area contributed by atoms with Crippen LogP contribution in [0, 0.1) is 11.7 Å². The number of hydrogen-bond acceptors (Lipinski definition) is 4. The first-order chi connectivity index (χ1) is 9.27. The summed E-state index contributed by atoms with van der Waals surface area (Å²) in [6.07, 6.45) is 6.91. The van der Waals surface area contributed by atoms with E-state index in [0.29, 0.717) is 12.3 Å². The van der Waals surface area contributed by atoms with E-state index in [0.717, 1.165) is 18.7 Å². The van der Waals surface area contributed by atoms with Crippen molar-refractivity contribution < 1.29 is 9.13 Å².